The fourth-order valence-corrected chi connectivity index (χ4v) is 4.93. The Morgan fingerprint density at radius 3 is 2.67 bits per heavy atom. The Morgan fingerprint density at radius 2 is 1.92 bits per heavy atom. The van der Waals surface area contributed by atoms with E-state index in [9.17, 15) is 9.59 Å². The van der Waals surface area contributed by atoms with Crippen molar-refractivity contribution in [1.82, 2.24) is 0 Å². The van der Waals surface area contributed by atoms with Gasteiger partial charge in [-0.3, -0.25) is 14.5 Å². The van der Waals surface area contributed by atoms with Crippen molar-refractivity contribution in [3.63, 3.8) is 0 Å². The summed E-state index contributed by atoms with van der Waals surface area (Å²) in [6, 6.07) is 11.6. The summed E-state index contributed by atoms with van der Waals surface area (Å²) in [6.45, 7) is 4.04. The SMILES string of the molecule is Cc1ccc(N2C(=O)CSC23C(=O)Nc2ccc(Br)cc23)cc1C. The van der Waals surface area contributed by atoms with Crippen molar-refractivity contribution in [3.05, 3.63) is 57.6 Å². The Hall–Kier alpha value is -1.79. The topological polar surface area (TPSA) is 49.4 Å². The summed E-state index contributed by atoms with van der Waals surface area (Å²) in [5, 5.41) is 2.93. The van der Waals surface area contributed by atoms with E-state index in [1.807, 2.05) is 50.2 Å². The molecule has 24 heavy (non-hydrogen) atoms. The number of anilines is 2. The number of rotatable bonds is 1. The summed E-state index contributed by atoms with van der Waals surface area (Å²) in [5.41, 5.74) is 4.61. The highest BCUT2D eigenvalue weighted by molar-refractivity contribution is 9.10. The lowest BCUT2D eigenvalue weighted by Gasteiger charge is -2.32. The molecule has 2 aliphatic heterocycles. The van der Waals surface area contributed by atoms with Gasteiger partial charge in [0.25, 0.3) is 5.91 Å². The smallest absolute Gasteiger partial charge is 0.266 e. The summed E-state index contributed by atoms with van der Waals surface area (Å²) >= 11 is 4.85. The molecular weight excluding hydrogens is 388 g/mol. The number of amides is 2. The van der Waals surface area contributed by atoms with Gasteiger partial charge in [0.1, 0.15) is 0 Å². The monoisotopic (exact) mass is 402 g/mol. The molecule has 1 atom stereocenters. The van der Waals surface area contributed by atoms with Crippen LogP contribution in [0.1, 0.15) is 16.7 Å². The van der Waals surface area contributed by atoms with Gasteiger partial charge in [-0.15, -0.1) is 11.8 Å². The largest absolute Gasteiger partial charge is 0.323 e. The van der Waals surface area contributed by atoms with Crippen molar-refractivity contribution in [2.45, 2.75) is 18.7 Å². The molecule has 4 nitrogen and oxygen atoms in total. The summed E-state index contributed by atoms with van der Waals surface area (Å²) in [6.07, 6.45) is 0. The molecular formula is C18H15BrN2O2S. The van der Waals surface area contributed by atoms with Crippen LogP contribution in [0, 0.1) is 13.8 Å². The Morgan fingerprint density at radius 1 is 1.12 bits per heavy atom. The minimum Gasteiger partial charge on any atom is -0.323 e. The minimum atomic E-state index is -1.03. The molecule has 1 unspecified atom stereocenters. The summed E-state index contributed by atoms with van der Waals surface area (Å²) in [4.78, 5) is 26.2. The standard InChI is InChI=1S/C18H15BrN2O2S/c1-10-3-5-13(7-11(10)2)21-16(22)9-24-18(21)14-8-12(19)4-6-15(14)20-17(18)23/h3-8H,9H2,1-2H3,(H,20,23). The van der Waals surface area contributed by atoms with Gasteiger partial charge in [0.05, 0.1) is 5.75 Å². The molecule has 2 aromatic carbocycles. The van der Waals surface area contributed by atoms with Gasteiger partial charge in [0, 0.05) is 21.4 Å². The van der Waals surface area contributed by atoms with Crippen molar-refractivity contribution in [1.29, 1.82) is 0 Å². The van der Waals surface area contributed by atoms with Gasteiger partial charge in [0.15, 0.2) is 0 Å². The van der Waals surface area contributed by atoms with Crippen LogP contribution >= 0.6 is 27.7 Å². The fourth-order valence-electron chi connectivity index (χ4n) is 3.26. The molecule has 6 heteroatoms. The first-order valence-corrected chi connectivity index (χ1v) is 9.37. The van der Waals surface area contributed by atoms with Crippen LogP contribution in [0.5, 0.6) is 0 Å². The van der Waals surface area contributed by atoms with Crippen LogP contribution in [0.2, 0.25) is 0 Å². The summed E-state index contributed by atoms with van der Waals surface area (Å²) < 4.78 is 0.886. The van der Waals surface area contributed by atoms with Crippen LogP contribution in [-0.4, -0.2) is 17.6 Å². The normalized spacial score (nSPS) is 22.2. The second-order valence-electron chi connectivity index (χ2n) is 6.07. The quantitative estimate of drug-likeness (QED) is 0.785. The first-order chi connectivity index (χ1) is 11.4. The third-order valence-corrected chi connectivity index (χ3v) is 6.51. The van der Waals surface area contributed by atoms with E-state index in [0.717, 1.165) is 32.5 Å². The van der Waals surface area contributed by atoms with Crippen LogP contribution in [0.4, 0.5) is 11.4 Å². The number of hydrogen-bond acceptors (Lipinski definition) is 3. The van der Waals surface area contributed by atoms with Crippen molar-refractivity contribution >= 4 is 50.9 Å². The number of nitrogens with zero attached hydrogens (tertiary/aromatic N) is 1. The number of carbonyl (C=O) groups excluding carboxylic acids is 2. The van der Waals surface area contributed by atoms with E-state index in [-0.39, 0.29) is 17.6 Å². The van der Waals surface area contributed by atoms with Crippen LogP contribution in [0.15, 0.2) is 40.9 Å². The van der Waals surface area contributed by atoms with Gasteiger partial charge < -0.3 is 5.32 Å². The number of thioether (sulfide) groups is 1. The number of aryl methyl sites for hydroxylation is 2. The molecule has 2 heterocycles. The average Bonchev–Trinajstić information content (AvgIpc) is 3.02. The maximum absolute atomic E-state index is 12.9. The van der Waals surface area contributed by atoms with E-state index >= 15 is 0 Å². The molecule has 0 aromatic heterocycles. The Labute approximate surface area is 152 Å². The van der Waals surface area contributed by atoms with Crippen molar-refractivity contribution in [3.8, 4) is 0 Å². The Kier molecular flexibility index (Phi) is 3.51. The highest BCUT2D eigenvalue weighted by Crippen LogP contribution is 2.54. The van der Waals surface area contributed by atoms with Gasteiger partial charge in [0.2, 0.25) is 10.8 Å². The second kappa shape index (κ2) is 5.36. The van der Waals surface area contributed by atoms with Crippen LogP contribution in [-0.2, 0) is 14.5 Å². The predicted molar refractivity (Wildman–Crippen MR) is 100 cm³/mol. The molecule has 1 saturated heterocycles. The van der Waals surface area contributed by atoms with E-state index in [4.69, 9.17) is 0 Å². The maximum Gasteiger partial charge on any atom is 0.266 e. The first-order valence-electron chi connectivity index (χ1n) is 7.59. The van der Waals surface area contributed by atoms with Crippen LogP contribution < -0.4 is 10.2 Å². The maximum atomic E-state index is 12.9. The average molecular weight is 403 g/mol. The van der Waals surface area contributed by atoms with E-state index in [1.54, 1.807) is 4.90 Å². The van der Waals surface area contributed by atoms with Crippen molar-refractivity contribution < 1.29 is 9.59 Å². The number of fused-ring (bicyclic) bond motifs is 2. The van der Waals surface area contributed by atoms with Gasteiger partial charge in [-0.05, 0) is 55.3 Å². The lowest BCUT2D eigenvalue weighted by atomic mass is 10.0. The molecule has 0 aliphatic carbocycles. The molecule has 1 fully saturated rings. The second-order valence-corrected chi connectivity index (χ2v) is 8.16. The first kappa shape index (κ1) is 15.7. The number of hydrogen-bond donors (Lipinski definition) is 1. The third kappa shape index (κ3) is 2.06. The van der Waals surface area contributed by atoms with Crippen LogP contribution in [0.3, 0.4) is 0 Å². The van der Waals surface area contributed by atoms with Gasteiger partial charge in [-0.1, -0.05) is 22.0 Å². The van der Waals surface area contributed by atoms with E-state index < -0.39 is 4.87 Å². The Balaban J connectivity index is 1.94. The molecule has 0 bridgehead atoms. The highest BCUT2D eigenvalue weighted by Gasteiger charge is 2.58. The highest BCUT2D eigenvalue weighted by atomic mass is 79.9. The molecule has 122 valence electrons. The molecule has 4 rings (SSSR count). The number of carbonyl (C=O) groups is 2. The molecule has 2 aromatic rings. The number of halogens is 1. The summed E-state index contributed by atoms with van der Waals surface area (Å²) in [5.74, 6) is 0.0719. The predicted octanol–water partition coefficient (Wildman–Crippen LogP) is 3.95. The summed E-state index contributed by atoms with van der Waals surface area (Å²) in [7, 11) is 0. The van der Waals surface area contributed by atoms with Gasteiger partial charge in [-0.2, -0.15) is 0 Å². The zero-order valence-electron chi connectivity index (χ0n) is 13.2. The fraction of sp³-hybridized carbons (Fsp3) is 0.222. The van der Waals surface area contributed by atoms with Gasteiger partial charge >= 0.3 is 0 Å². The lowest BCUT2D eigenvalue weighted by molar-refractivity contribution is -0.122. The van der Waals surface area contributed by atoms with E-state index in [1.165, 1.54) is 11.8 Å². The lowest BCUT2D eigenvalue weighted by Crippen LogP contribution is -2.47. The van der Waals surface area contributed by atoms with E-state index in [0.29, 0.717) is 0 Å². The minimum absolute atomic E-state index is 0.0498. The number of nitrogens with one attached hydrogen (secondary N) is 1. The number of benzene rings is 2. The van der Waals surface area contributed by atoms with Crippen molar-refractivity contribution in [2.75, 3.05) is 16.0 Å². The molecule has 0 saturated carbocycles. The van der Waals surface area contributed by atoms with Crippen molar-refractivity contribution in [2.24, 2.45) is 0 Å². The zero-order chi connectivity index (χ0) is 17.1. The van der Waals surface area contributed by atoms with Crippen LogP contribution in [0.25, 0.3) is 0 Å². The molecule has 0 radical (unpaired) electrons. The molecule has 2 aliphatic rings. The Bertz CT molecular complexity index is 899. The molecule has 2 amide bonds. The van der Waals surface area contributed by atoms with Gasteiger partial charge in [-0.25, -0.2) is 0 Å². The third-order valence-electron chi connectivity index (χ3n) is 4.62. The zero-order valence-corrected chi connectivity index (χ0v) is 15.6. The molecule has 1 N–H and O–H groups in total. The van der Waals surface area contributed by atoms with E-state index in [2.05, 4.69) is 21.2 Å². The molecule has 1 spiro atoms.